The number of nitrogens with one attached hydrogen (secondary N) is 1. The molecule has 1 N–H and O–H groups in total. The summed E-state index contributed by atoms with van der Waals surface area (Å²) in [7, 11) is 0. The second-order valence-electron chi connectivity index (χ2n) is 6.22. The molecule has 2 rings (SSSR count). The molecule has 0 fully saturated rings. The van der Waals surface area contributed by atoms with E-state index < -0.39 is 0 Å². The Balaban J connectivity index is 2.29. The molecule has 2 aromatic rings. The van der Waals surface area contributed by atoms with Crippen molar-refractivity contribution < 1.29 is 0 Å². The van der Waals surface area contributed by atoms with Gasteiger partial charge < -0.3 is 5.32 Å². The summed E-state index contributed by atoms with van der Waals surface area (Å²) >= 11 is 0. The molecule has 0 spiro atoms. The molecule has 1 aromatic heterocycles. The quantitative estimate of drug-likeness (QED) is 0.878. The van der Waals surface area contributed by atoms with E-state index >= 15 is 0 Å². The van der Waals surface area contributed by atoms with Crippen LogP contribution in [0.4, 0.5) is 0 Å². The first kappa shape index (κ1) is 15.8. The van der Waals surface area contributed by atoms with Crippen molar-refractivity contribution >= 4 is 0 Å². The van der Waals surface area contributed by atoms with E-state index in [0.717, 1.165) is 18.8 Å². The highest BCUT2D eigenvalue weighted by Gasteiger charge is 2.18. The van der Waals surface area contributed by atoms with Gasteiger partial charge in [-0.2, -0.15) is 5.10 Å². The van der Waals surface area contributed by atoms with Gasteiger partial charge in [-0.1, -0.05) is 44.2 Å². The average molecular weight is 285 g/mol. The fourth-order valence-electron chi connectivity index (χ4n) is 2.58. The number of benzene rings is 1. The Morgan fingerprint density at radius 3 is 2.24 bits per heavy atom. The lowest BCUT2D eigenvalue weighted by Gasteiger charge is -2.21. The van der Waals surface area contributed by atoms with Crippen LogP contribution in [0.2, 0.25) is 0 Å². The lowest BCUT2D eigenvalue weighted by molar-refractivity contribution is 0.448. The second kappa shape index (κ2) is 6.90. The van der Waals surface area contributed by atoms with Gasteiger partial charge in [-0.25, -0.2) is 0 Å². The van der Waals surface area contributed by atoms with Crippen molar-refractivity contribution in [2.75, 3.05) is 13.1 Å². The maximum atomic E-state index is 4.76. The highest BCUT2D eigenvalue weighted by molar-refractivity contribution is 5.27. The summed E-state index contributed by atoms with van der Waals surface area (Å²) in [5.41, 5.74) is 4.98. The fourth-order valence-corrected chi connectivity index (χ4v) is 2.58. The van der Waals surface area contributed by atoms with Crippen LogP contribution >= 0.6 is 0 Å². The van der Waals surface area contributed by atoms with Crippen LogP contribution in [0.3, 0.4) is 0 Å². The predicted molar refractivity (Wildman–Crippen MR) is 88.7 cm³/mol. The van der Waals surface area contributed by atoms with E-state index in [4.69, 9.17) is 5.10 Å². The molecule has 0 aliphatic carbocycles. The minimum Gasteiger partial charge on any atom is -0.314 e. The number of aromatic nitrogens is 2. The van der Waals surface area contributed by atoms with Gasteiger partial charge >= 0.3 is 0 Å². The smallest absolute Gasteiger partial charge is 0.0896 e. The minimum atomic E-state index is 0.248. The highest BCUT2D eigenvalue weighted by Crippen LogP contribution is 2.22. The van der Waals surface area contributed by atoms with Crippen molar-refractivity contribution in [1.82, 2.24) is 15.1 Å². The van der Waals surface area contributed by atoms with Crippen molar-refractivity contribution in [3.63, 3.8) is 0 Å². The Bertz CT molecular complexity index is 570. The summed E-state index contributed by atoms with van der Waals surface area (Å²) in [6.45, 7) is 12.8. The van der Waals surface area contributed by atoms with Crippen LogP contribution in [0.5, 0.6) is 0 Å². The molecule has 1 heterocycles. The summed E-state index contributed by atoms with van der Waals surface area (Å²) < 4.78 is 2.17. The Hall–Kier alpha value is -1.61. The van der Waals surface area contributed by atoms with Crippen molar-refractivity contribution in [2.24, 2.45) is 5.92 Å². The van der Waals surface area contributed by atoms with Gasteiger partial charge in [-0.3, -0.25) is 4.68 Å². The zero-order valence-electron chi connectivity index (χ0n) is 13.9. The molecule has 0 aliphatic heterocycles. The molecular weight excluding hydrogens is 258 g/mol. The van der Waals surface area contributed by atoms with Gasteiger partial charge in [0.15, 0.2) is 0 Å². The van der Waals surface area contributed by atoms with Crippen molar-refractivity contribution in [3.8, 4) is 0 Å². The van der Waals surface area contributed by atoms with Crippen LogP contribution in [0.25, 0.3) is 0 Å². The van der Waals surface area contributed by atoms with Crippen LogP contribution in [0.15, 0.2) is 30.3 Å². The van der Waals surface area contributed by atoms with Crippen molar-refractivity contribution in [2.45, 2.75) is 40.7 Å². The number of hydrogen-bond acceptors (Lipinski definition) is 2. The molecular formula is C18H27N3. The third-order valence-corrected chi connectivity index (χ3v) is 4.06. The van der Waals surface area contributed by atoms with Gasteiger partial charge in [0.25, 0.3) is 0 Å². The van der Waals surface area contributed by atoms with Crippen LogP contribution in [-0.4, -0.2) is 22.9 Å². The molecule has 3 heteroatoms. The molecule has 0 saturated carbocycles. The van der Waals surface area contributed by atoms with Crippen LogP contribution < -0.4 is 5.32 Å². The first-order valence-corrected chi connectivity index (χ1v) is 7.78. The number of hydrogen-bond donors (Lipinski definition) is 1. The van der Waals surface area contributed by atoms with E-state index in [0.29, 0.717) is 5.92 Å². The topological polar surface area (TPSA) is 29.9 Å². The second-order valence-corrected chi connectivity index (χ2v) is 6.22. The maximum Gasteiger partial charge on any atom is 0.0896 e. The summed E-state index contributed by atoms with van der Waals surface area (Å²) in [4.78, 5) is 0. The van der Waals surface area contributed by atoms with E-state index in [-0.39, 0.29) is 6.04 Å². The minimum absolute atomic E-state index is 0.248. The Kier molecular flexibility index (Phi) is 5.18. The first-order chi connectivity index (χ1) is 10.0. The zero-order chi connectivity index (χ0) is 15.4. The number of rotatable bonds is 6. The summed E-state index contributed by atoms with van der Waals surface area (Å²) in [5.74, 6) is 0.656. The van der Waals surface area contributed by atoms with Gasteiger partial charge in [0.2, 0.25) is 0 Å². The van der Waals surface area contributed by atoms with Gasteiger partial charge in [0, 0.05) is 12.2 Å². The fraction of sp³-hybridized carbons (Fsp3) is 0.500. The predicted octanol–water partition coefficient (Wildman–Crippen LogP) is 3.64. The lowest BCUT2D eigenvalue weighted by atomic mass is 10.1. The Morgan fingerprint density at radius 2 is 1.71 bits per heavy atom. The summed E-state index contributed by atoms with van der Waals surface area (Å²) in [6.07, 6.45) is 0. The molecule has 3 nitrogen and oxygen atoms in total. The Labute approximate surface area is 128 Å². The van der Waals surface area contributed by atoms with Crippen LogP contribution in [-0.2, 0) is 0 Å². The molecule has 1 unspecified atom stereocenters. The molecule has 1 aromatic carbocycles. The van der Waals surface area contributed by atoms with Crippen LogP contribution in [0, 0.1) is 26.7 Å². The molecule has 21 heavy (non-hydrogen) atoms. The first-order valence-electron chi connectivity index (χ1n) is 7.78. The van der Waals surface area contributed by atoms with Crippen molar-refractivity contribution in [3.05, 3.63) is 52.8 Å². The van der Waals surface area contributed by atoms with Gasteiger partial charge in [-0.05, 0) is 44.4 Å². The van der Waals surface area contributed by atoms with E-state index in [1.165, 1.54) is 16.8 Å². The summed E-state index contributed by atoms with van der Waals surface area (Å²) in [6, 6.07) is 10.9. The summed E-state index contributed by atoms with van der Waals surface area (Å²) in [5, 5.41) is 8.34. The van der Waals surface area contributed by atoms with Gasteiger partial charge in [0.1, 0.15) is 0 Å². The average Bonchev–Trinajstić information content (AvgIpc) is 2.72. The van der Waals surface area contributed by atoms with Gasteiger partial charge in [-0.15, -0.1) is 0 Å². The highest BCUT2D eigenvalue weighted by atomic mass is 15.3. The van der Waals surface area contributed by atoms with E-state index in [1.807, 2.05) is 0 Å². The van der Waals surface area contributed by atoms with Gasteiger partial charge in [0.05, 0.1) is 11.7 Å². The lowest BCUT2D eigenvalue weighted by Crippen LogP contribution is -2.30. The molecule has 0 radical (unpaired) electrons. The Morgan fingerprint density at radius 1 is 1.05 bits per heavy atom. The number of aryl methyl sites for hydroxylation is 1. The SMILES string of the molecule is Cc1nn(C(CNCC(C)C)c2ccccc2)c(C)c1C. The number of nitrogens with zero attached hydrogens (tertiary/aromatic N) is 2. The third-order valence-electron chi connectivity index (χ3n) is 4.06. The van der Waals surface area contributed by atoms with E-state index in [9.17, 15) is 0 Å². The molecule has 114 valence electrons. The standard InChI is InChI=1S/C18H27N3/c1-13(2)11-19-12-18(17-9-7-6-8-10-17)21-16(5)14(3)15(4)20-21/h6-10,13,18-19H,11-12H2,1-5H3. The molecule has 0 aliphatic rings. The molecule has 0 bridgehead atoms. The normalized spacial score (nSPS) is 12.9. The monoisotopic (exact) mass is 285 g/mol. The van der Waals surface area contributed by atoms with Crippen molar-refractivity contribution in [1.29, 1.82) is 0 Å². The molecule has 1 atom stereocenters. The van der Waals surface area contributed by atoms with E-state index in [1.54, 1.807) is 0 Å². The molecule has 0 amide bonds. The molecule has 0 saturated heterocycles. The third kappa shape index (κ3) is 3.73. The largest absolute Gasteiger partial charge is 0.314 e. The van der Waals surface area contributed by atoms with E-state index in [2.05, 4.69) is 74.9 Å². The zero-order valence-corrected chi connectivity index (χ0v) is 13.9. The maximum absolute atomic E-state index is 4.76. The van der Waals surface area contributed by atoms with Crippen LogP contribution in [0.1, 0.15) is 42.4 Å².